The zero-order valence-electron chi connectivity index (χ0n) is 13.0. The average molecular weight is 284 g/mol. The molecule has 1 aromatic rings. The number of hydrogen-bond acceptors (Lipinski definition) is 2. The number of nitrogens with one attached hydrogen (secondary N) is 1. The second-order valence-electron chi connectivity index (χ2n) is 7.82. The topological polar surface area (TPSA) is 42.0 Å². The van der Waals surface area contributed by atoms with E-state index in [0.717, 1.165) is 54.1 Å². The molecule has 21 heavy (non-hydrogen) atoms. The standard InChI is InChI=1S/C18H24N2O/c1-11-3-12(2)19-16(4-11)20-17(21)18-8-13-5-14(9-18)7-15(6-13)10-18/h3-4,13-15H,5-10H2,1-2H3,(H,19,20,21). The number of carbonyl (C=O) groups is 1. The van der Waals surface area contributed by atoms with Gasteiger partial charge in [-0.3, -0.25) is 4.79 Å². The predicted octanol–water partition coefficient (Wildman–Crippen LogP) is 3.85. The Balaban J connectivity index is 1.57. The normalized spacial score (nSPS) is 36.8. The van der Waals surface area contributed by atoms with Crippen LogP contribution in [0.5, 0.6) is 0 Å². The largest absolute Gasteiger partial charge is 0.310 e. The van der Waals surface area contributed by atoms with E-state index in [2.05, 4.69) is 17.2 Å². The predicted molar refractivity (Wildman–Crippen MR) is 82.9 cm³/mol. The molecule has 4 aliphatic rings. The van der Waals surface area contributed by atoms with E-state index in [1.54, 1.807) is 0 Å². The van der Waals surface area contributed by atoms with E-state index in [1.165, 1.54) is 19.3 Å². The van der Waals surface area contributed by atoms with Gasteiger partial charge in [0.05, 0.1) is 5.41 Å². The van der Waals surface area contributed by atoms with Crippen LogP contribution in [0.2, 0.25) is 0 Å². The third kappa shape index (κ3) is 2.27. The van der Waals surface area contributed by atoms with Gasteiger partial charge in [-0.15, -0.1) is 0 Å². The van der Waals surface area contributed by atoms with Crippen LogP contribution >= 0.6 is 0 Å². The van der Waals surface area contributed by atoms with Crippen molar-refractivity contribution in [2.24, 2.45) is 23.2 Å². The minimum absolute atomic E-state index is 0.0892. The maximum atomic E-state index is 12.9. The molecular weight excluding hydrogens is 260 g/mol. The summed E-state index contributed by atoms with van der Waals surface area (Å²) >= 11 is 0. The summed E-state index contributed by atoms with van der Waals surface area (Å²) in [6, 6.07) is 4.02. The second kappa shape index (κ2) is 4.56. The molecule has 0 atom stereocenters. The lowest BCUT2D eigenvalue weighted by Crippen LogP contribution is -2.51. The molecule has 4 aliphatic carbocycles. The number of carbonyl (C=O) groups excluding carboxylic acids is 1. The van der Waals surface area contributed by atoms with Crippen molar-refractivity contribution in [3.05, 3.63) is 23.4 Å². The van der Waals surface area contributed by atoms with Gasteiger partial charge < -0.3 is 5.32 Å². The summed E-state index contributed by atoms with van der Waals surface area (Å²) in [5.74, 6) is 3.37. The first-order chi connectivity index (χ1) is 10.0. The van der Waals surface area contributed by atoms with Crippen LogP contribution in [0, 0.1) is 37.0 Å². The van der Waals surface area contributed by atoms with Crippen LogP contribution in [0.25, 0.3) is 0 Å². The number of amides is 1. The summed E-state index contributed by atoms with van der Waals surface area (Å²) in [7, 11) is 0. The van der Waals surface area contributed by atoms with Gasteiger partial charge >= 0.3 is 0 Å². The highest BCUT2D eigenvalue weighted by atomic mass is 16.2. The van der Waals surface area contributed by atoms with Crippen molar-refractivity contribution < 1.29 is 4.79 Å². The average Bonchev–Trinajstić information content (AvgIpc) is 2.35. The van der Waals surface area contributed by atoms with Gasteiger partial charge in [-0.1, -0.05) is 0 Å². The summed E-state index contributed by atoms with van der Waals surface area (Å²) < 4.78 is 0. The monoisotopic (exact) mass is 284 g/mol. The van der Waals surface area contributed by atoms with Gasteiger partial charge in [0.15, 0.2) is 0 Å². The summed E-state index contributed by atoms with van der Waals surface area (Å²) in [6.45, 7) is 4.03. The maximum absolute atomic E-state index is 12.9. The van der Waals surface area contributed by atoms with Gasteiger partial charge in [0.2, 0.25) is 5.91 Å². The highest BCUT2D eigenvalue weighted by Gasteiger charge is 2.54. The van der Waals surface area contributed by atoms with E-state index in [-0.39, 0.29) is 11.3 Å². The van der Waals surface area contributed by atoms with Gasteiger partial charge in [0, 0.05) is 5.69 Å². The molecule has 4 saturated carbocycles. The Morgan fingerprint density at radius 2 is 1.67 bits per heavy atom. The van der Waals surface area contributed by atoms with Crippen molar-refractivity contribution in [1.82, 2.24) is 4.98 Å². The fourth-order valence-corrected chi connectivity index (χ4v) is 5.54. The molecule has 3 heteroatoms. The molecular formula is C18H24N2O. The van der Waals surface area contributed by atoms with E-state index in [4.69, 9.17) is 0 Å². The highest BCUT2D eigenvalue weighted by Crippen LogP contribution is 2.60. The van der Waals surface area contributed by atoms with E-state index >= 15 is 0 Å². The number of aromatic nitrogens is 1. The Hall–Kier alpha value is -1.38. The molecule has 0 saturated heterocycles. The van der Waals surface area contributed by atoms with E-state index in [0.29, 0.717) is 0 Å². The Morgan fingerprint density at radius 3 is 2.19 bits per heavy atom. The smallest absolute Gasteiger partial charge is 0.231 e. The van der Waals surface area contributed by atoms with Crippen LogP contribution in [0.1, 0.15) is 49.8 Å². The highest BCUT2D eigenvalue weighted by molar-refractivity contribution is 5.95. The van der Waals surface area contributed by atoms with Gasteiger partial charge in [0.25, 0.3) is 0 Å². The number of aryl methyl sites for hydroxylation is 2. The van der Waals surface area contributed by atoms with Crippen LogP contribution in [-0.2, 0) is 4.79 Å². The molecule has 0 aliphatic heterocycles. The zero-order chi connectivity index (χ0) is 14.6. The minimum Gasteiger partial charge on any atom is -0.310 e. The first-order valence-electron chi connectivity index (χ1n) is 8.29. The zero-order valence-corrected chi connectivity index (χ0v) is 13.0. The lowest BCUT2D eigenvalue weighted by atomic mass is 9.49. The molecule has 1 heterocycles. The fourth-order valence-electron chi connectivity index (χ4n) is 5.54. The third-order valence-corrected chi connectivity index (χ3v) is 5.86. The lowest BCUT2D eigenvalue weighted by Gasteiger charge is -2.55. The van der Waals surface area contributed by atoms with E-state index < -0.39 is 0 Å². The van der Waals surface area contributed by atoms with Gasteiger partial charge in [-0.05, 0) is 87.8 Å². The quantitative estimate of drug-likeness (QED) is 0.896. The van der Waals surface area contributed by atoms with Crippen LogP contribution in [0.15, 0.2) is 12.1 Å². The van der Waals surface area contributed by atoms with E-state index in [9.17, 15) is 4.79 Å². The number of hydrogen-bond donors (Lipinski definition) is 1. The molecule has 0 radical (unpaired) electrons. The minimum atomic E-state index is -0.0892. The molecule has 5 rings (SSSR count). The van der Waals surface area contributed by atoms with Crippen molar-refractivity contribution in [3.63, 3.8) is 0 Å². The van der Waals surface area contributed by atoms with Crippen LogP contribution in [-0.4, -0.2) is 10.9 Å². The summed E-state index contributed by atoms with van der Waals surface area (Å²) in [5, 5.41) is 3.13. The second-order valence-corrected chi connectivity index (χ2v) is 7.82. The van der Waals surface area contributed by atoms with Crippen molar-refractivity contribution in [2.75, 3.05) is 5.32 Å². The molecule has 4 fully saturated rings. The Kier molecular flexibility index (Phi) is 2.88. The third-order valence-electron chi connectivity index (χ3n) is 5.86. The first-order valence-corrected chi connectivity index (χ1v) is 8.29. The number of nitrogens with zero attached hydrogens (tertiary/aromatic N) is 1. The number of anilines is 1. The summed E-state index contributed by atoms with van der Waals surface area (Å²) in [5.41, 5.74) is 2.03. The lowest BCUT2D eigenvalue weighted by molar-refractivity contribution is -0.140. The van der Waals surface area contributed by atoms with Crippen LogP contribution < -0.4 is 5.32 Å². The Bertz CT molecular complexity index is 537. The maximum Gasteiger partial charge on any atom is 0.231 e. The number of pyridine rings is 1. The van der Waals surface area contributed by atoms with E-state index in [1.807, 2.05) is 19.1 Å². The van der Waals surface area contributed by atoms with Gasteiger partial charge in [-0.2, -0.15) is 0 Å². The molecule has 3 nitrogen and oxygen atoms in total. The van der Waals surface area contributed by atoms with Crippen molar-refractivity contribution >= 4 is 11.7 Å². The molecule has 1 N–H and O–H groups in total. The van der Waals surface area contributed by atoms with Crippen molar-refractivity contribution in [3.8, 4) is 0 Å². The summed E-state index contributed by atoms with van der Waals surface area (Å²) in [4.78, 5) is 17.4. The van der Waals surface area contributed by atoms with Gasteiger partial charge in [-0.25, -0.2) is 4.98 Å². The molecule has 1 aromatic heterocycles. The Morgan fingerprint density at radius 1 is 1.10 bits per heavy atom. The van der Waals surface area contributed by atoms with Crippen molar-refractivity contribution in [1.29, 1.82) is 0 Å². The molecule has 0 aromatic carbocycles. The van der Waals surface area contributed by atoms with Crippen molar-refractivity contribution in [2.45, 2.75) is 52.4 Å². The van der Waals surface area contributed by atoms with Crippen LogP contribution in [0.3, 0.4) is 0 Å². The molecule has 112 valence electrons. The SMILES string of the molecule is Cc1cc(C)nc(NC(=O)C23CC4CC(CC(C4)C2)C3)c1. The molecule has 0 unspecified atom stereocenters. The van der Waals surface area contributed by atoms with Crippen LogP contribution in [0.4, 0.5) is 5.82 Å². The number of rotatable bonds is 2. The molecule has 0 spiro atoms. The van der Waals surface area contributed by atoms with Gasteiger partial charge in [0.1, 0.15) is 5.82 Å². The molecule has 4 bridgehead atoms. The molecule has 1 amide bonds. The summed E-state index contributed by atoms with van der Waals surface area (Å²) in [6.07, 6.45) is 7.43. The Labute approximate surface area is 126 Å². The fraction of sp³-hybridized carbons (Fsp3) is 0.667. The first kappa shape index (κ1) is 13.3.